The molecule has 0 bridgehead atoms. The first-order valence-corrected chi connectivity index (χ1v) is 4.07. The number of aryl methyl sites for hydroxylation is 1. The van der Waals surface area contributed by atoms with Gasteiger partial charge < -0.3 is 10.8 Å². The predicted molar refractivity (Wildman–Crippen MR) is 50.0 cm³/mol. The summed E-state index contributed by atoms with van der Waals surface area (Å²) in [5.41, 5.74) is 7.59. The lowest BCUT2D eigenvalue weighted by atomic mass is 10.00. The fourth-order valence-electron chi connectivity index (χ4n) is 1.28. The third-order valence-electron chi connectivity index (χ3n) is 1.96. The van der Waals surface area contributed by atoms with Gasteiger partial charge in [-0.2, -0.15) is 5.26 Å². The van der Waals surface area contributed by atoms with E-state index in [4.69, 9.17) is 16.1 Å². The van der Waals surface area contributed by atoms with Crippen LogP contribution in [-0.4, -0.2) is 5.11 Å². The SMILES string of the molecule is Cc1cc(O)ccc1[C@@H](N)CC#N. The summed E-state index contributed by atoms with van der Waals surface area (Å²) in [6, 6.07) is 6.75. The lowest BCUT2D eigenvalue weighted by Crippen LogP contribution is -2.10. The summed E-state index contributed by atoms with van der Waals surface area (Å²) in [6.07, 6.45) is 0.297. The number of nitrogens with zero attached hydrogens (tertiary/aromatic N) is 1. The van der Waals surface area contributed by atoms with Gasteiger partial charge in [-0.05, 0) is 30.2 Å². The number of nitrogens with two attached hydrogens (primary N) is 1. The minimum Gasteiger partial charge on any atom is -0.508 e. The molecule has 0 aliphatic carbocycles. The molecule has 0 saturated carbocycles. The maximum Gasteiger partial charge on any atom is 0.115 e. The van der Waals surface area contributed by atoms with Crippen LogP contribution in [0.3, 0.4) is 0 Å². The lowest BCUT2D eigenvalue weighted by molar-refractivity contribution is 0.474. The van der Waals surface area contributed by atoms with Crippen LogP contribution in [0.4, 0.5) is 0 Å². The summed E-state index contributed by atoms with van der Waals surface area (Å²) in [5, 5.41) is 17.6. The van der Waals surface area contributed by atoms with Gasteiger partial charge in [0.15, 0.2) is 0 Å². The van der Waals surface area contributed by atoms with Crippen LogP contribution >= 0.6 is 0 Å². The Morgan fingerprint density at radius 1 is 1.62 bits per heavy atom. The Bertz CT molecular complexity index is 341. The lowest BCUT2D eigenvalue weighted by Gasteiger charge is -2.11. The van der Waals surface area contributed by atoms with Crippen LogP contribution in [0, 0.1) is 18.3 Å². The zero-order valence-electron chi connectivity index (χ0n) is 7.49. The molecule has 1 atom stereocenters. The molecule has 3 nitrogen and oxygen atoms in total. The fraction of sp³-hybridized carbons (Fsp3) is 0.300. The molecule has 0 aliphatic rings. The normalized spacial score (nSPS) is 12.1. The number of benzene rings is 1. The molecular weight excluding hydrogens is 164 g/mol. The molecular formula is C10H12N2O. The molecule has 0 aromatic heterocycles. The minimum atomic E-state index is -0.259. The second-order valence-electron chi connectivity index (χ2n) is 3.01. The zero-order chi connectivity index (χ0) is 9.84. The zero-order valence-corrected chi connectivity index (χ0v) is 7.49. The van der Waals surface area contributed by atoms with E-state index in [9.17, 15) is 0 Å². The number of hydrogen-bond acceptors (Lipinski definition) is 3. The third kappa shape index (κ3) is 2.20. The summed E-state index contributed by atoms with van der Waals surface area (Å²) < 4.78 is 0. The molecule has 3 heteroatoms. The first kappa shape index (κ1) is 9.56. The van der Waals surface area contributed by atoms with E-state index in [1.807, 2.05) is 13.0 Å². The standard InChI is InChI=1S/C10H12N2O/c1-7-6-8(13)2-3-9(7)10(12)4-5-11/h2-3,6,10,13H,4,12H2,1H3/t10-/m0/s1. The van der Waals surface area contributed by atoms with Gasteiger partial charge in [0.05, 0.1) is 12.5 Å². The average Bonchev–Trinajstić information content (AvgIpc) is 2.04. The van der Waals surface area contributed by atoms with Crippen molar-refractivity contribution in [1.29, 1.82) is 5.26 Å². The Kier molecular flexibility index (Phi) is 2.88. The summed E-state index contributed by atoms with van der Waals surface area (Å²) in [4.78, 5) is 0. The second kappa shape index (κ2) is 3.92. The summed E-state index contributed by atoms with van der Waals surface area (Å²) in [7, 11) is 0. The third-order valence-corrected chi connectivity index (χ3v) is 1.96. The van der Waals surface area contributed by atoms with Crippen LogP contribution in [0.5, 0.6) is 5.75 Å². The number of aromatic hydroxyl groups is 1. The first-order valence-electron chi connectivity index (χ1n) is 4.07. The van der Waals surface area contributed by atoms with Crippen LogP contribution in [0.15, 0.2) is 18.2 Å². The van der Waals surface area contributed by atoms with E-state index in [0.717, 1.165) is 11.1 Å². The quantitative estimate of drug-likeness (QED) is 0.719. The number of phenolic OH excluding ortho intramolecular Hbond substituents is 1. The largest absolute Gasteiger partial charge is 0.508 e. The molecule has 0 amide bonds. The highest BCUT2D eigenvalue weighted by molar-refractivity contribution is 5.35. The fourth-order valence-corrected chi connectivity index (χ4v) is 1.28. The maximum atomic E-state index is 9.14. The molecule has 0 heterocycles. The van der Waals surface area contributed by atoms with E-state index in [1.165, 1.54) is 0 Å². The van der Waals surface area contributed by atoms with Crippen molar-refractivity contribution in [2.45, 2.75) is 19.4 Å². The highest BCUT2D eigenvalue weighted by Crippen LogP contribution is 2.21. The molecule has 0 spiro atoms. The number of hydrogen-bond donors (Lipinski definition) is 2. The highest BCUT2D eigenvalue weighted by atomic mass is 16.3. The van der Waals surface area contributed by atoms with Crippen molar-refractivity contribution >= 4 is 0 Å². The molecule has 0 aliphatic heterocycles. The molecule has 1 rings (SSSR count). The second-order valence-corrected chi connectivity index (χ2v) is 3.01. The predicted octanol–water partition coefficient (Wildman–Crippen LogP) is 1.61. The smallest absolute Gasteiger partial charge is 0.115 e. The topological polar surface area (TPSA) is 70.0 Å². The molecule has 3 N–H and O–H groups in total. The van der Waals surface area contributed by atoms with Crippen LogP contribution in [0.2, 0.25) is 0 Å². The Morgan fingerprint density at radius 3 is 2.85 bits per heavy atom. The Labute approximate surface area is 77.4 Å². The molecule has 0 saturated heterocycles. The maximum absolute atomic E-state index is 9.14. The average molecular weight is 176 g/mol. The molecule has 0 radical (unpaired) electrons. The number of phenols is 1. The van der Waals surface area contributed by atoms with Crippen molar-refractivity contribution in [3.8, 4) is 11.8 Å². The van der Waals surface area contributed by atoms with Crippen LogP contribution in [-0.2, 0) is 0 Å². The minimum absolute atomic E-state index is 0.227. The van der Waals surface area contributed by atoms with Gasteiger partial charge in [-0.1, -0.05) is 6.07 Å². The van der Waals surface area contributed by atoms with Crippen molar-refractivity contribution < 1.29 is 5.11 Å². The van der Waals surface area contributed by atoms with Gasteiger partial charge in [-0.15, -0.1) is 0 Å². The monoisotopic (exact) mass is 176 g/mol. The van der Waals surface area contributed by atoms with Gasteiger partial charge in [0.25, 0.3) is 0 Å². The van der Waals surface area contributed by atoms with Gasteiger partial charge >= 0.3 is 0 Å². The van der Waals surface area contributed by atoms with Crippen molar-refractivity contribution in [3.63, 3.8) is 0 Å². The van der Waals surface area contributed by atoms with Crippen LogP contribution in [0.25, 0.3) is 0 Å². The van der Waals surface area contributed by atoms with Gasteiger partial charge in [0, 0.05) is 6.04 Å². The first-order chi connectivity index (χ1) is 6.15. The molecule has 13 heavy (non-hydrogen) atoms. The summed E-state index contributed by atoms with van der Waals surface area (Å²) in [6.45, 7) is 1.87. The van der Waals surface area contributed by atoms with Crippen molar-refractivity contribution in [2.24, 2.45) is 5.73 Å². The Balaban J connectivity index is 2.96. The van der Waals surface area contributed by atoms with E-state index in [0.29, 0.717) is 6.42 Å². The molecule has 0 unspecified atom stereocenters. The molecule has 68 valence electrons. The van der Waals surface area contributed by atoms with E-state index >= 15 is 0 Å². The van der Waals surface area contributed by atoms with E-state index in [-0.39, 0.29) is 11.8 Å². The van der Waals surface area contributed by atoms with Crippen LogP contribution in [0.1, 0.15) is 23.6 Å². The van der Waals surface area contributed by atoms with Gasteiger partial charge in [-0.25, -0.2) is 0 Å². The summed E-state index contributed by atoms with van der Waals surface area (Å²) >= 11 is 0. The Morgan fingerprint density at radius 2 is 2.31 bits per heavy atom. The number of rotatable bonds is 2. The highest BCUT2D eigenvalue weighted by Gasteiger charge is 2.08. The molecule has 0 fully saturated rings. The van der Waals surface area contributed by atoms with E-state index < -0.39 is 0 Å². The van der Waals surface area contributed by atoms with E-state index in [2.05, 4.69) is 0 Å². The number of nitriles is 1. The van der Waals surface area contributed by atoms with Gasteiger partial charge in [0.2, 0.25) is 0 Å². The van der Waals surface area contributed by atoms with Crippen LogP contribution < -0.4 is 5.73 Å². The van der Waals surface area contributed by atoms with Gasteiger partial charge in [-0.3, -0.25) is 0 Å². The van der Waals surface area contributed by atoms with E-state index in [1.54, 1.807) is 18.2 Å². The van der Waals surface area contributed by atoms with Crippen molar-refractivity contribution in [1.82, 2.24) is 0 Å². The molecule has 1 aromatic rings. The molecule has 1 aromatic carbocycles. The summed E-state index contributed by atoms with van der Waals surface area (Å²) in [5.74, 6) is 0.227. The Hall–Kier alpha value is -1.53. The van der Waals surface area contributed by atoms with Crippen molar-refractivity contribution in [2.75, 3.05) is 0 Å². The van der Waals surface area contributed by atoms with Crippen molar-refractivity contribution in [3.05, 3.63) is 29.3 Å². The van der Waals surface area contributed by atoms with Gasteiger partial charge in [0.1, 0.15) is 5.75 Å².